The maximum absolute atomic E-state index is 10.7. The normalized spacial score (nSPS) is 16.9. The SMILES string of the molecule is Cc1oc(CCC2CCCCC2)nc1CC(=O)O. The van der Waals surface area contributed by atoms with Gasteiger partial charge in [-0.25, -0.2) is 4.98 Å². The fourth-order valence-corrected chi connectivity index (χ4v) is 2.71. The third-order valence-corrected chi connectivity index (χ3v) is 3.75. The average molecular weight is 251 g/mol. The van der Waals surface area contributed by atoms with Gasteiger partial charge in [-0.05, 0) is 19.3 Å². The molecule has 18 heavy (non-hydrogen) atoms. The van der Waals surface area contributed by atoms with E-state index in [1.54, 1.807) is 6.92 Å². The van der Waals surface area contributed by atoms with Gasteiger partial charge >= 0.3 is 5.97 Å². The van der Waals surface area contributed by atoms with Gasteiger partial charge in [0.15, 0.2) is 5.89 Å². The van der Waals surface area contributed by atoms with E-state index >= 15 is 0 Å². The molecular formula is C14H21NO3. The minimum absolute atomic E-state index is 0.0429. The summed E-state index contributed by atoms with van der Waals surface area (Å²) in [5, 5.41) is 8.75. The van der Waals surface area contributed by atoms with Gasteiger partial charge in [0.25, 0.3) is 0 Å². The minimum Gasteiger partial charge on any atom is -0.481 e. The van der Waals surface area contributed by atoms with Crippen LogP contribution in [0.4, 0.5) is 0 Å². The number of hydrogen-bond donors (Lipinski definition) is 1. The second-order valence-corrected chi connectivity index (χ2v) is 5.22. The maximum Gasteiger partial charge on any atom is 0.309 e. The maximum atomic E-state index is 10.7. The Bertz CT molecular complexity index is 405. The minimum atomic E-state index is -0.856. The quantitative estimate of drug-likeness (QED) is 0.873. The number of carboxylic acids is 1. The number of aromatic nitrogens is 1. The van der Waals surface area contributed by atoms with Gasteiger partial charge in [-0.2, -0.15) is 0 Å². The van der Waals surface area contributed by atoms with E-state index in [1.807, 2.05) is 0 Å². The van der Waals surface area contributed by atoms with Gasteiger partial charge in [0.1, 0.15) is 5.76 Å². The first-order valence-corrected chi connectivity index (χ1v) is 6.82. The molecule has 1 N–H and O–H groups in total. The number of aryl methyl sites for hydroxylation is 2. The molecule has 1 aromatic heterocycles. The van der Waals surface area contributed by atoms with E-state index in [0.29, 0.717) is 17.3 Å². The summed E-state index contributed by atoms with van der Waals surface area (Å²) in [6.07, 6.45) is 8.62. The zero-order chi connectivity index (χ0) is 13.0. The molecule has 1 aromatic rings. The Morgan fingerprint density at radius 3 is 2.78 bits per heavy atom. The largest absolute Gasteiger partial charge is 0.481 e. The van der Waals surface area contributed by atoms with Gasteiger partial charge in [0.2, 0.25) is 0 Å². The van der Waals surface area contributed by atoms with Gasteiger partial charge in [-0.15, -0.1) is 0 Å². The van der Waals surface area contributed by atoms with Crippen molar-refractivity contribution in [2.24, 2.45) is 5.92 Å². The van der Waals surface area contributed by atoms with Gasteiger partial charge in [-0.1, -0.05) is 32.1 Å². The summed E-state index contributed by atoms with van der Waals surface area (Å²) in [5.74, 6) is 1.30. The van der Waals surface area contributed by atoms with Crippen molar-refractivity contribution in [3.63, 3.8) is 0 Å². The predicted octanol–water partition coefficient (Wildman–Crippen LogP) is 3.12. The molecule has 1 saturated carbocycles. The zero-order valence-corrected chi connectivity index (χ0v) is 10.9. The summed E-state index contributed by atoms with van der Waals surface area (Å²) in [6.45, 7) is 1.79. The van der Waals surface area contributed by atoms with Gasteiger partial charge in [0.05, 0.1) is 12.1 Å². The monoisotopic (exact) mass is 251 g/mol. The molecule has 100 valence electrons. The third kappa shape index (κ3) is 3.59. The highest BCUT2D eigenvalue weighted by molar-refractivity contribution is 5.69. The summed E-state index contributed by atoms with van der Waals surface area (Å²) in [6, 6.07) is 0. The third-order valence-electron chi connectivity index (χ3n) is 3.75. The van der Waals surface area contributed by atoms with Crippen LogP contribution in [-0.2, 0) is 17.6 Å². The van der Waals surface area contributed by atoms with Crippen LogP contribution < -0.4 is 0 Å². The molecule has 1 fully saturated rings. The zero-order valence-electron chi connectivity index (χ0n) is 10.9. The van der Waals surface area contributed by atoms with E-state index < -0.39 is 5.97 Å². The van der Waals surface area contributed by atoms with Gasteiger partial charge in [0, 0.05) is 6.42 Å². The lowest BCUT2D eigenvalue weighted by atomic mass is 9.86. The van der Waals surface area contributed by atoms with Crippen molar-refractivity contribution in [1.29, 1.82) is 0 Å². The molecule has 1 aliphatic rings. The molecule has 0 unspecified atom stereocenters. The van der Waals surface area contributed by atoms with E-state index in [9.17, 15) is 4.79 Å². The molecule has 0 radical (unpaired) electrons. The van der Waals surface area contributed by atoms with Crippen LogP contribution in [0.3, 0.4) is 0 Å². The van der Waals surface area contributed by atoms with Crippen LogP contribution in [-0.4, -0.2) is 16.1 Å². The molecule has 0 bridgehead atoms. The summed E-state index contributed by atoms with van der Waals surface area (Å²) in [5.41, 5.74) is 0.571. The molecule has 0 spiro atoms. The lowest BCUT2D eigenvalue weighted by Gasteiger charge is -2.20. The highest BCUT2D eigenvalue weighted by atomic mass is 16.4. The van der Waals surface area contributed by atoms with Crippen molar-refractivity contribution in [2.45, 2.75) is 58.3 Å². The summed E-state index contributed by atoms with van der Waals surface area (Å²) in [7, 11) is 0. The van der Waals surface area contributed by atoms with Crippen LogP contribution in [0.5, 0.6) is 0 Å². The molecular weight excluding hydrogens is 230 g/mol. The predicted molar refractivity (Wildman–Crippen MR) is 67.5 cm³/mol. The first-order valence-electron chi connectivity index (χ1n) is 6.82. The number of oxazole rings is 1. The van der Waals surface area contributed by atoms with Gasteiger partial charge in [-0.3, -0.25) is 4.79 Å². The molecule has 0 saturated heterocycles. The summed E-state index contributed by atoms with van der Waals surface area (Å²) in [4.78, 5) is 14.9. The average Bonchev–Trinajstić information content (AvgIpc) is 2.68. The Morgan fingerprint density at radius 2 is 2.11 bits per heavy atom. The highest BCUT2D eigenvalue weighted by Crippen LogP contribution is 2.27. The van der Waals surface area contributed by atoms with Crippen molar-refractivity contribution in [1.82, 2.24) is 4.98 Å². The van der Waals surface area contributed by atoms with E-state index in [0.717, 1.165) is 18.8 Å². The lowest BCUT2D eigenvalue weighted by Crippen LogP contribution is -2.07. The van der Waals surface area contributed by atoms with Crippen LogP contribution in [0.2, 0.25) is 0 Å². The van der Waals surface area contributed by atoms with Crippen molar-refractivity contribution in [3.05, 3.63) is 17.3 Å². The molecule has 0 aromatic carbocycles. The number of hydrogen-bond acceptors (Lipinski definition) is 3. The van der Waals surface area contributed by atoms with E-state index in [1.165, 1.54) is 32.1 Å². The van der Waals surface area contributed by atoms with Crippen LogP contribution in [0, 0.1) is 12.8 Å². The Hall–Kier alpha value is -1.32. The number of rotatable bonds is 5. The van der Waals surface area contributed by atoms with Crippen LogP contribution in [0.15, 0.2) is 4.42 Å². The van der Waals surface area contributed by atoms with Crippen molar-refractivity contribution < 1.29 is 14.3 Å². The molecule has 4 nitrogen and oxygen atoms in total. The van der Waals surface area contributed by atoms with E-state index in [-0.39, 0.29) is 6.42 Å². The molecule has 0 atom stereocenters. The summed E-state index contributed by atoms with van der Waals surface area (Å²) < 4.78 is 5.53. The lowest BCUT2D eigenvalue weighted by molar-refractivity contribution is -0.136. The number of carboxylic acid groups (broad SMARTS) is 1. The van der Waals surface area contributed by atoms with Crippen LogP contribution in [0.1, 0.15) is 55.9 Å². The first kappa shape index (κ1) is 13.1. The van der Waals surface area contributed by atoms with Crippen LogP contribution >= 0.6 is 0 Å². The molecule has 4 heteroatoms. The Morgan fingerprint density at radius 1 is 1.39 bits per heavy atom. The molecule has 1 aliphatic carbocycles. The van der Waals surface area contributed by atoms with Crippen molar-refractivity contribution in [3.8, 4) is 0 Å². The van der Waals surface area contributed by atoms with Crippen LogP contribution in [0.25, 0.3) is 0 Å². The Labute approximate surface area is 107 Å². The second kappa shape index (κ2) is 6.03. The molecule has 0 amide bonds. The summed E-state index contributed by atoms with van der Waals surface area (Å²) >= 11 is 0. The topological polar surface area (TPSA) is 63.3 Å². The molecule has 0 aliphatic heterocycles. The van der Waals surface area contributed by atoms with Crippen molar-refractivity contribution >= 4 is 5.97 Å². The van der Waals surface area contributed by atoms with E-state index in [2.05, 4.69) is 4.98 Å². The fraction of sp³-hybridized carbons (Fsp3) is 0.714. The molecule has 1 heterocycles. The fourth-order valence-electron chi connectivity index (χ4n) is 2.71. The first-order chi connectivity index (χ1) is 8.65. The number of nitrogens with zero attached hydrogens (tertiary/aromatic N) is 1. The number of carbonyl (C=O) groups is 1. The highest BCUT2D eigenvalue weighted by Gasteiger charge is 2.16. The van der Waals surface area contributed by atoms with E-state index in [4.69, 9.17) is 9.52 Å². The van der Waals surface area contributed by atoms with Crippen molar-refractivity contribution in [2.75, 3.05) is 0 Å². The Balaban J connectivity index is 1.87. The Kier molecular flexibility index (Phi) is 4.39. The smallest absolute Gasteiger partial charge is 0.309 e. The van der Waals surface area contributed by atoms with Gasteiger partial charge < -0.3 is 9.52 Å². The molecule has 2 rings (SSSR count). The second-order valence-electron chi connectivity index (χ2n) is 5.22. The standard InChI is InChI=1S/C14H21NO3/c1-10-12(9-14(16)17)15-13(18-10)8-7-11-5-3-2-4-6-11/h11H,2-9H2,1H3,(H,16,17). The number of aliphatic carboxylic acids is 1.